The molecule has 1 aromatic heterocycles. The van der Waals surface area contributed by atoms with E-state index >= 15 is 0 Å². The lowest BCUT2D eigenvalue weighted by molar-refractivity contribution is 0.743. The second-order valence-electron chi connectivity index (χ2n) is 1.97. The molecule has 0 aliphatic carbocycles. The first-order valence-electron chi connectivity index (χ1n) is 2.64. The zero-order valence-corrected chi connectivity index (χ0v) is 7.07. The summed E-state index contributed by atoms with van der Waals surface area (Å²) in [5.74, 6) is 0. The summed E-state index contributed by atoms with van der Waals surface area (Å²) in [6.45, 7) is 5.74. The zero-order valence-electron chi connectivity index (χ0n) is 5.48. The molecule has 9 heavy (non-hydrogen) atoms. The molecule has 0 aliphatic heterocycles. The number of halogens is 1. The summed E-state index contributed by atoms with van der Waals surface area (Å²) in [5.41, 5.74) is 1.91. The van der Waals surface area contributed by atoms with Crippen LogP contribution < -0.4 is 0 Å². The molecule has 49 valence electrons. The van der Waals surface area contributed by atoms with Gasteiger partial charge in [-0.2, -0.15) is 5.10 Å². The van der Waals surface area contributed by atoms with E-state index in [0.717, 1.165) is 15.9 Å². The second kappa shape index (κ2) is 2.14. The predicted molar refractivity (Wildman–Crippen MR) is 40.1 cm³/mol. The zero-order chi connectivity index (χ0) is 7.02. The highest BCUT2D eigenvalue weighted by Gasteiger charge is 2.03. The summed E-state index contributed by atoms with van der Waals surface area (Å²) >= 11 is 3.35. The van der Waals surface area contributed by atoms with Crippen LogP contribution in [0.4, 0.5) is 0 Å². The normalized spacial score (nSPS) is 10.2. The highest BCUT2D eigenvalue weighted by atomic mass is 79.9. The number of aromatic nitrogens is 2. The van der Waals surface area contributed by atoms with Crippen molar-refractivity contribution in [2.75, 3.05) is 0 Å². The fourth-order valence-electron chi connectivity index (χ4n) is 0.680. The van der Waals surface area contributed by atoms with Crippen molar-refractivity contribution in [1.29, 1.82) is 0 Å². The van der Waals surface area contributed by atoms with Gasteiger partial charge in [-0.15, -0.1) is 0 Å². The summed E-state index contributed by atoms with van der Waals surface area (Å²) in [4.78, 5) is 0. The van der Waals surface area contributed by atoms with Crippen LogP contribution in [0.2, 0.25) is 0 Å². The minimum Gasteiger partial charge on any atom is -0.271 e. The van der Waals surface area contributed by atoms with Crippen LogP contribution >= 0.6 is 15.9 Å². The van der Waals surface area contributed by atoms with Gasteiger partial charge in [-0.1, -0.05) is 0 Å². The average Bonchev–Trinajstić information content (AvgIpc) is 1.98. The Balaban J connectivity index is 3.29. The Morgan fingerprint density at radius 3 is 2.33 bits per heavy atom. The van der Waals surface area contributed by atoms with Crippen molar-refractivity contribution >= 4 is 15.9 Å². The van der Waals surface area contributed by atoms with Gasteiger partial charge in [-0.3, -0.25) is 4.68 Å². The molecule has 0 aromatic carbocycles. The Kier molecular flexibility index (Phi) is 1.62. The van der Waals surface area contributed by atoms with Crippen LogP contribution in [0.3, 0.4) is 0 Å². The monoisotopic (exact) mass is 187 g/mol. The van der Waals surface area contributed by atoms with Gasteiger partial charge in [0.25, 0.3) is 0 Å². The van der Waals surface area contributed by atoms with Crippen molar-refractivity contribution < 1.29 is 0 Å². The van der Waals surface area contributed by atoms with E-state index in [1.165, 1.54) is 0 Å². The third kappa shape index (κ3) is 1.01. The number of nitrogens with zero attached hydrogens (tertiary/aromatic N) is 2. The highest BCUT2D eigenvalue weighted by Crippen LogP contribution is 2.18. The molecule has 0 fully saturated rings. The third-order valence-corrected chi connectivity index (χ3v) is 2.29. The molecule has 1 rings (SSSR count). The SMILES string of the molecule is [CH2]c1c(Br)c(C)nn1C. The summed E-state index contributed by atoms with van der Waals surface area (Å²) in [6.07, 6.45) is 0. The minimum atomic E-state index is 0.924. The molecule has 1 heterocycles. The molecule has 0 saturated carbocycles. The molecule has 0 bridgehead atoms. The van der Waals surface area contributed by atoms with Crippen LogP contribution in [0.1, 0.15) is 11.4 Å². The molecule has 0 unspecified atom stereocenters. The number of aryl methyl sites for hydroxylation is 2. The standard InChI is InChI=1S/C6H8BrN2/c1-4-6(7)5(2)9(3)8-4/h2H2,1,3H3. The first kappa shape index (κ1) is 6.81. The van der Waals surface area contributed by atoms with E-state index in [9.17, 15) is 0 Å². The number of hydrogen-bond acceptors (Lipinski definition) is 1. The largest absolute Gasteiger partial charge is 0.271 e. The summed E-state index contributed by atoms with van der Waals surface area (Å²) < 4.78 is 2.75. The van der Waals surface area contributed by atoms with E-state index in [1.54, 1.807) is 4.68 Å². The van der Waals surface area contributed by atoms with E-state index in [4.69, 9.17) is 0 Å². The quantitative estimate of drug-likeness (QED) is 0.605. The molecule has 0 aliphatic rings. The van der Waals surface area contributed by atoms with Crippen molar-refractivity contribution in [3.63, 3.8) is 0 Å². The first-order chi connectivity index (χ1) is 4.13. The maximum Gasteiger partial charge on any atom is 0.0738 e. The molecule has 1 aromatic rings. The van der Waals surface area contributed by atoms with Gasteiger partial charge in [0.1, 0.15) is 0 Å². The fourth-order valence-corrected chi connectivity index (χ4v) is 1.02. The van der Waals surface area contributed by atoms with Crippen LogP contribution in [0.5, 0.6) is 0 Å². The van der Waals surface area contributed by atoms with Crippen LogP contribution in [-0.2, 0) is 7.05 Å². The Morgan fingerprint density at radius 2 is 2.22 bits per heavy atom. The lowest BCUT2D eigenvalue weighted by Gasteiger charge is -1.89. The number of rotatable bonds is 0. The van der Waals surface area contributed by atoms with E-state index < -0.39 is 0 Å². The molecule has 0 saturated heterocycles. The molecular weight excluding hydrogens is 180 g/mol. The molecule has 0 spiro atoms. The van der Waals surface area contributed by atoms with Gasteiger partial charge >= 0.3 is 0 Å². The van der Waals surface area contributed by atoms with Gasteiger partial charge in [0.2, 0.25) is 0 Å². The Bertz CT molecular complexity index is 205. The van der Waals surface area contributed by atoms with Crippen molar-refractivity contribution in [3.8, 4) is 0 Å². The first-order valence-corrected chi connectivity index (χ1v) is 3.43. The van der Waals surface area contributed by atoms with Crippen LogP contribution in [0, 0.1) is 13.8 Å². The molecular formula is C6H8BrN2. The van der Waals surface area contributed by atoms with Gasteiger partial charge < -0.3 is 0 Å². The van der Waals surface area contributed by atoms with Crippen molar-refractivity contribution in [2.24, 2.45) is 7.05 Å². The van der Waals surface area contributed by atoms with E-state index in [-0.39, 0.29) is 0 Å². The molecule has 0 amide bonds. The topological polar surface area (TPSA) is 17.8 Å². The van der Waals surface area contributed by atoms with Crippen LogP contribution in [-0.4, -0.2) is 9.78 Å². The summed E-state index contributed by atoms with van der Waals surface area (Å²) in [6, 6.07) is 0. The smallest absolute Gasteiger partial charge is 0.0738 e. The van der Waals surface area contributed by atoms with Crippen LogP contribution in [0.15, 0.2) is 4.47 Å². The number of hydrogen-bond donors (Lipinski definition) is 0. The summed E-state index contributed by atoms with van der Waals surface area (Å²) in [7, 11) is 1.88. The van der Waals surface area contributed by atoms with Crippen molar-refractivity contribution in [3.05, 3.63) is 22.8 Å². The van der Waals surface area contributed by atoms with E-state index in [1.807, 2.05) is 14.0 Å². The minimum absolute atomic E-state index is 0.924. The lowest BCUT2D eigenvalue weighted by Crippen LogP contribution is -1.91. The second-order valence-corrected chi connectivity index (χ2v) is 2.76. The Hall–Kier alpha value is -0.310. The van der Waals surface area contributed by atoms with Crippen molar-refractivity contribution in [1.82, 2.24) is 9.78 Å². The molecule has 3 heteroatoms. The maximum atomic E-state index is 4.12. The summed E-state index contributed by atoms with van der Waals surface area (Å²) in [5, 5.41) is 4.12. The highest BCUT2D eigenvalue weighted by molar-refractivity contribution is 9.10. The fraction of sp³-hybridized carbons (Fsp3) is 0.333. The van der Waals surface area contributed by atoms with Crippen molar-refractivity contribution in [2.45, 2.75) is 6.92 Å². The van der Waals surface area contributed by atoms with E-state index in [0.29, 0.717) is 0 Å². The van der Waals surface area contributed by atoms with Crippen LogP contribution in [0.25, 0.3) is 0 Å². The Morgan fingerprint density at radius 1 is 1.67 bits per heavy atom. The van der Waals surface area contributed by atoms with Gasteiger partial charge in [-0.25, -0.2) is 0 Å². The van der Waals surface area contributed by atoms with Gasteiger partial charge in [-0.05, 0) is 29.8 Å². The Labute approximate surface area is 63.0 Å². The third-order valence-electron chi connectivity index (χ3n) is 1.26. The lowest BCUT2D eigenvalue weighted by atomic mass is 10.4. The van der Waals surface area contributed by atoms with Gasteiger partial charge in [0, 0.05) is 7.05 Å². The average molecular weight is 188 g/mol. The predicted octanol–water partition coefficient (Wildman–Crippen LogP) is 1.67. The maximum absolute atomic E-state index is 4.12. The molecule has 2 nitrogen and oxygen atoms in total. The molecule has 0 N–H and O–H groups in total. The molecule has 0 atom stereocenters. The van der Waals surface area contributed by atoms with Gasteiger partial charge in [0.15, 0.2) is 0 Å². The molecule has 1 radical (unpaired) electrons. The van der Waals surface area contributed by atoms with E-state index in [2.05, 4.69) is 28.0 Å². The van der Waals surface area contributed by atoms with Gasteiger partial charge in [0.05, 0.1) is 15.9 Å².